The average Bonchev–Trinajstić information content (AvgIpc) is 3.20. The van der Waals surface area contributed by atoms with Gasteiger partial charge in [0.1, 0.15) is 0 Å². The van der Waals surface area contributed by atoms with Gasteiger partial charge in [-0.3, -0.25) is 9.89 Å². The van der Waals surface area contributed by atoms with Crippen molar-refractivity contribution in [1.29, 1.82) is 0 Å². The highest BCUT2D eigenvalue weighted by Crippen LogP contribution is 2.27. The van der Waals surface area contributed by atoms with Gasteiger partial charge in [-0.1, -0.05) is 30.3 Å². The third-order valence-electron chi connectivity index (χ3n) is 5.94. The molecule has 1 aromatic rings. The van der Waals surface area contributed by atoms with E-state index < -0.39 is 0 Å². The minimum Gasteiger partial charge on any atom is -0.356 e. The summed E-state index contributed by atoms with van der Waals surface area (Å²) in [5, 5.41) is 7.92. The minimum absolute atomic E-state index is 0.585. The van der Waals surface area contributed by atoms with Crippen LogP contribution in [0.1, 0.15) is 31.2 Å². The van der Waals surface area contributed by atoms with Crippen molar-refractivity contribution in [2.45, 2.75) is 43.5 Å². The van der Waals surface area contributed by atoms with Gasteiger partial charge in [-0.2, -0.15) is 11.8 Å². The van der Waals surface area contributed by atoms with Crippen LogP contribution < -0.4 is 10.6 Å². The fraction of sp³-hybridized carbons (Fsp3) is 0.682. The second-order valence-corrected chi connectivity index (χ2v) is 9.11. The standard InChI is InChI=1S/C22H37N5S/c1-23-22(25-20-9-10-21(17-20)28-2)24-11-6-12-26-13-15-27(16-14-26)18-19-7-4-3-5-8-19/h3-5,7-8,20-21H,6,9-18H2,1-2H3,(H2,23,24,25). The molecule has 0 radical (unpaired) electrons. The van der Waals surface area contributed by atoms with Crippen LogP contribution in [0, 0.1) is 0 Å². The lowest BCUT2D eigenvalue weighted by molar-refractivity contribution is 0.126. The molecule has 0 bridgehead atoms. The second kappa shape index (κ2) is 11.7. The number of nitrogens with one attached hydrogen (secondary N) is 2. The number of rotatable bonds is 8. The molecule has 1 aromatic carbocycles. The van der Waals surface area contributed by atoms with Gasteiger partial charge in [0.2, 0.25) is 0 Å². The molecule has 6 heteroatoms. The molecule has 2 fully saturated rings. The van der Waals surface area contributed by atoms with E-state index in [9.17, 15) is 0 Å². The van der Waals surface area contributed by atoms with Crippen molar-refractivity contribution < 1.29 is 0 Å². The van der Waals surface area contributed by atoms with Crippen LogP contribution in [0.5, 0.6) is 0 Å². The molecule has 0 aromatic heterocycles. The molecule has 2 N–H and O–H groups in total. The molecule has 1 aliphatic heterocycles. The summed E-state index contributed by atoms with van der Waals surface area (Å²) >= 11 is 2.00. The van der Waals surface area contributed by atoms with Gasteiger partial charge in [-0.25, -0.2) is 0 Å². The maximum absolute atomic E-state index is 4.40. The number of guanidine groups is 1. The fourth-order valence-corrected chi connectivity index (χ4v) is 4.99. The molecule has 1 heterocycles. The molecule has 156 valence electrons. The van der Waals surface area contributed by atoms with E-state index in [4.69, 9.17) is 0 Å². The normalized spacial score (nSPS) is 24.4. The maximum atomic E-state index is 4.40. The smallest absolute Gasteiger partial charge is 0.191 e. The van der Waals surface area contributed by atoms with Gasteiger partial charge in [0.05, 0.1) is 0 Å². The van der Waals surface area contributed by atoms with Gasteiger partial charge in [0, 0.05) is 57.6 Å². The Bertz CT molecular complexity index is 586. The Balaban J connectivity index is 1.26. The van der Waals surface area contributed by atoms with Crippen LogP contribution in [-0.4, -0.2) is 79.6 Å². The van der Waals surface area contributed by atoms with Crippen LogP contribution in [0.15, 0.2) is 35.3 Å². The number of benzene rings is 1. The number of piperazine rings is 1. The lowest BCUT2D eigenvalue weighted by Crippen LogP contribution is -2.47. The Kier molecular flexibility index (Phi) is 8.96. The highest BCUT2D eigenvalue weighted by atomic mass is 32.2. The molecule has 5 nitrogen and oxygen atoms in total. The Hall–Kier alpha value is -1.24. The first-order valence-electron chi connectivity index (χ1n) is 10.8. The van der Waals surface area contributed by atoms with E-state index in [0.717, 1.165) is 30.7 Å². The molecule has 2 unspecified atom stereocenters. The molecule has 2 atom stereocenters. The summed E-state index contributed by atoms with van der Waals surface area (Å²) in [6.07, 6.45) is 7.24. The van der Waals surface area contributed by atoms with Crippen molar-refractivity contribution in [2.75, 3.05) is 52.6 Å². The van der Waals surface area contributed by atoms with Crippen LogP contribution in [-0.2, 0) is 6.54 Å². The quantitative estimate of drug-likeness (QED) is 0.397. The Morgan fingerprint density at radius 3 is 2.54 bits per heavy atom. The zero-order valence-corrected chi connectivity index (χ0v) is 18.4. The number of nitrogens with zero attached hydrogens (tertiary/aromatic N) is 3. The summed E-state index contributed by atoms with van der Waals surface area (Å²) in [5.74, 6) is 0.972. The highest BCUT2D eigenvalue weighted by molar-refractivity contribution is 7.99. The van der Waals surface area contributed by atoms with E-state index >= 15 is 0 Å². The Labute approximate surface area is 175 Å². The van der Waals surface area contributed by atoms with E-state index in [-0.39, 0.29) is 0 Å². The SMILES string of the molecule is CN=C(NCCCN1CCN(Cc2ccccc2)CC1)NC1CCC(SC)C1. The van der Waals surface area contributed by atoms with Gasteiger partial charge in [0.15, 0.2) is 5.96 Å². The Morgan fingerprint density at radius 1 is 1.11 bits per heavy atom. The van der Waals surface area contributed by atoms with Gasteiger partial charge in [-0.05, 0) is 44.0 Å². The molecule has 1 aliphatic carbocycles. The summed E-state index contributed by atoms with van der Waals surface area (Å²) in [6.45, 7) is 7.93. The number of hydrogen-bond donors (Lipinski definition) is 2. The summed E-state index contributed by atoms with van der Waals surface area (Å²) < 4.78 is 0. The van der Waals surface area contributed by atoms with E-state index in [1.54, 1.807) is 0 Å². The molecule has 3 rings (SSSR count). The zero-order chi connectivity index (χ0) is 19.6. The van der Waals surface area contributed by atoms with Gasteiger partial charge < -0.3 is 15.5 Å². The molecule has 1 saturated heterocycles. The first-order valence-corrected chi connectivity index (χ1v) is 12.0. The largest absolute Gasteiger partial charge is 0.356 e. The third kappa shape index (κ3) is 6.98. The summed E-state index contributed by atoms with van der Waals surface area (Å²) in [4.78, 5) is 9.57. The molecular weight excluding hydrogens is 366 g/mol. The van der Waals surface area contributed by atoms with Crippen molar-refractivity contribution in [3.05, 3.63) is 35.9 Å². The Morgan fingerprint density at radius 2 is 1.86 bits per heavy atom. The number of aliphatic imine (C=N–C) groups is 1. The van der Waals surface area contributed by atoms with E-state index in [0.29, 0.717) is 6.04 Å². The molecule has 1 saturated carbocycles. The predicted molar refractivity (Wildman–Crippen MR) is 122 cm³/mol. The van der Waals surface area contributed by atoms with Crippen molar-refractivity contribution in [3.8, 4) is 0 Å². The van der Waals surface area contributed by atoms with Gasteiger partial charge >= 0.3 is 0 Å². The van der Waals surface area contributed by atoms with Gasteiger partial charge in [-0.15, -0.1) is 0 Å². The minimum atomic E-state index is 0.585. The molecule has 0 amide bonds. The lowest BCUT2D eigenvalue weighted by Gasteiger charge is -2.34. The van der Waals surface area contributed by atoms with Gasteiger partial charge in [0.25, 0.3) is 0 Å². The zero-order valence-electron chi connectivity index (χ0n) is 17.6. The third-order valence-corrected chi connectivity index (χ3v) is 7.03. The van der Waals surface area contributed by atoms with Crippen molar-refractivity contribution >= 4 is 17.7 Å². The maximum Gasteiger partial charge on any atom is 0.191 e. The van der Waals surface area contributed by atoms with Crippen LogP contribution in [0.3, 0.4) is 0 Å². The van der Waals surface area contributed by atoms with E-state index in [2.05, 4.69) is 62.0 Å². The lowest BCUT2D eigenvalue weighted by atomic mass is 10.2. The topological polar surface area (TPSA) is 42.9 Å². The molecule has 0 spiro atoms. The van der Waals surface area contributed by atoms with Crippen LogP contribution >= 0.6 is 11.8 Å². The number of thioether (sulfide) groups is 1. The summed E-state index contributed by atoms with van der Waals surface area (Å²) in [7, 11) is 1.88. The monoisotopic (exact) mass is 403 g/mol. The number of hydrogen-bond acceptors (Lipinski definition) is 4. The van der Waals surface area contributed by atoms with Crippen molar-refractivity contribution in [1.82, 2.24) is 20.4 Å². The van der Waals surface area contributed by atoms with Crippen molar-refractivity contribution in [3.63, 3.8) is 0 Å². The first-order chi connectivity index (χ1) is 13.8. The van der Waals surface area contributed by atoms with E-state index in [1.165, 1.54) is 57.5 Å². The predicted octanol–water partition coefficient (Wildman–Crippen LogP) is 2.64. The average molecular weight is 404 g/mol. The fourth-order valence-electron chi connectivity index (χ4n) is 4.20. The van der Waals surface area contributed by atoms with Crippen LogP contribution in [0.4, 0.5) is 0 Å². The molecule has 2 aliphatic rings. The second-order valence-electron chi connectivity index (χ2n) is 7.97. The molecule has 28 heavy (non-hydrogen) atoms. The van der Waals surface area contributed by atoms with E-state index in [1.807, 2.05) is 18.8 Å². The van der Waals surface area contributed by atoms with Crippen molar-refractivity contribution in [2.24, 2.45) is 4.99 Å². The summed E-state index contributed by atoms with van der Waals surface area (Å²) in [6, 6.07) is 11.4. The summed E-state index contributed by atoms with van der Waals surface area (Å²) in [5.41, 5.74) is 1.42. The van der Waals surface area contributed by atoms with Crippen LogP contribution in [0.25, 0.3) is 0 Å². The molecular formula is C22H37N5S. The van der Waals surface area contributed by atoms with Crippen LogP contribution in [0.2, 0.25) is 0 Å². The highest BCUT2D eigenvalue weighted by Gasteiger charge is 2.24. The first kappa shape index (κ1) is 21.5.